The zero-order chi connectivity index (χ0) is 14.4. The summed E-state index contributed by atoms with van der Waals surface area (Å²) in [7, 11) is 0. The van der Waals surface area contributed by atoms with Crippen molar-refractivity contribution in [3.63, 3.8) is 0 Å². The zero-order valence-corrected chi connectivity index (χ0v) is 12.5. The van der Waals surface area contributed by atoms with Crippen LogP contribution in [-0.2, 0) is 11.2 Å². The van der Waals surface area contributed by atoms with Crippen molar-refractivity contribution in [2.24, 2.45) is 0 Å². The minimum Gasteiger partial charge on any atom is -0.362 e. The molecule has 0 fully saturated rings. The smallest absolute Gasteiger partial charge is 0.245 e. The van der Waals surface area contributed by atoms with Gasteiger partial charge in [0.05, 0.1) is 6.54 Å². The summed E-state index contributed by atoms with van der Waals surface area (Å²) in [5.41, 5.74) is 1.04. The molecule has 2 aromatic rings. The predicted octanol–water partition coefficient (Wildman–Crippen LogP) is 2.57. The maximum Gasteiger partial charge on any atom is 0.245 e. The van der Waals surface area contributed by atoms with Gasteiger partial charge in [0.15, 0.2) is 0 Å². The Labute approximate surface area is 122 Å². The minimum atomic E-state index is -0.0745. The number of aromatic nitrogens is 2. The molecule has 0 saturated carbocycles. The van der Waals surface area contributed by atoms with Crippen molar-refractivity contribution in [2.75, 3.05) is 23.3 Å². The van der Waals surface area contributed by atoms with E-state index in [1.165, 1.54) is 11.3 Å². The number of hydrogen-bond acceptors (Lipinski definition) is 5. The molecule has 1 aromatic carbocycles. The Morgan fingerprint density at radius 3 is 2.60 bits per heavy atom. The van der Waals surface area contributed by atoms with Gasteiger partial charge < -0.3 is 4.90 Å². The van der Waals surface area contributed by atoms with E-state index in [1.807, 2.05) is 49.1 Å². The Hall–Kier alpha value is -1.95. The number of benzene rings is 1. The van der Waals surface area contributed by atoms with Gasteiger partial charge in [0.25, 0.3) is 0 Å². The minimum absolute atomic E-state index is 0.0745. The molecule has 1 aromatic heterocycles. The normalized spacial score (nSPS) is 10.3. The summed E-state index contributed by atoms with van der Waals surface area (Å²) in [6, 6.07) is 9.89. The molecule has 2 rings (SSSR count). The monoisotopic (exact) mass is 290 g/mol. The van der Waals surface area contributed by atoms with Crippen LogP contribution in [0.25, 0.3) is 0 Å². The van der Waals surface area contributed by atoms with Gasteiger partial charge in [-0.2, -0.15) is 0 Å². The van der Waals surface area contributed by atoms with Gasteiger partial charge in [0.2, 0.25) is 11.0 Å². The first kappa shape index (κ1) is 14.5. The maximum atomic E-state index is 12.0. The lowest BCUT2D eigenvalue weighted by molar-refractivity contribution is -0.115. The second kappa shape index (κ2) is 7.00. The average molecular weight is 290 g/mol. The van der Waals surface area contributed by atoms with E-state index in [0.717, 1.165) is 23.7 Å². The van der Waals surface area contributed by atoms with E-state index in [4.69, 9.17) is 0 Å². The third kappa shape index (κ3) is 3.77. The van der Waals surface area contributed by atoms with E-state index in [-0.39, 0.29) is 5.91 Å². The van der Waals surface area contributed by atoms with Gasteiger partial charge in [-0.15, -0.1) is 10.2 Å². The van der Waals surface area contributed by atoms with Gasteiger partial charge in [-0.25, -0.2) is 0 Å². The molecule has 1 heterocycles. The van der Waals surface area contributed by atoms with Crippen LogP contribution in [0.2, 0.25) is 0 Å². The largest absolute Gasteiger partial charge is 0.362 e. The molecule has 20 heavy (non-hydrogen) atoms. The average Bonchev–Trinajstić information content (AvgIpc) is 2.93. The number of anilines is 2. The summed E-state index contributed by atoms with van der Waals surface area (Å²) in [6.45, 7) is 5.12. The van der Waals surface area contributed by atoms with Crippen LogP contribution in [0.5, 0.6) is 0 Å². The van der Waals surface area contributed by atoms with Crippen LogP contribution in [0.3, 0.4) is 0 Å². The second-order valence-corrected chi connectivity index (χ2v) is 5.31. The highest BCUT2D eigenvalue weighted by molar-refractivity contribution is 7.15. The molecule has 6 heteroatoms. The highest BCUT2D eigenvalue weighted by atomic mass is 32.1. The molecule has 0 bridgehead atoms. The van der Waals surface area contributed by atoms with Crippen molar-refractivity contribution in [3.8, 4) is 0 Å². The van der Waals surface area contributed by atoms with Gasteiger partial charge >= 0.3 is 0 Å². The first-order chi connectivity index (χ1) is 9.72. The van der Waals surface area contributed by atoms with Gasteiger partial charge in [-0.05, 0) is 25.5 Å². The highest BCUT2D eigenvalue weighted by Crippen LogP contribution is 2.16. The fourth-order valence-electron chi connectivity index (χ4n) is 1.80. The van der Waals surface area contributed by atoms with Crippen molar-refractivity contribution >= 4 is 28.1 Å². The third-order valence-corrected chi connectivity index (χ3v) is 3.84. The number of carbonyl (C=O) groups excluding carboxylic acids is 1. The lowest BCUT2D eigenvalue weighted by atomic mass is 10.3. The molecule has 5 nitrogen and oxygen atoms in total. The molecule has 1 amide bonds. The number of nitrogens with zero attached hydrogens (tertiary/aromatic N) is 3. The lowest BCUT2D eigenvalue weighted by Crippen LogP contribution is -2.33. The number of amides is 1. The van der Waals surface area contributed by atoms with Crippen LogP contribution in [0.4, 0.5) is 10.8 Å². The lowest BCUT2D eigenvalue weighted by Gasteiger charge is -2.21. The van der Waals surface area contributed by atoms with E-state index in [2.05, 4.69) is 15.5 Å². The van der Waals surface area contributed by atoms with Gasteiger partial charge in [-0.3, -0.25) is 10.1 Å². The molecule has 106 valence electrons. The quantitative estimate of drug-likeness (QED) is 0.888. The first-order valence-electron chi connectivity index (χ1n) is 6.65. The summed E-state index contributed by atoms with van der Waals surface area (Å²) in [6.07, 6.45) is 0.832. The number of nitrogens with one attached hydrogen (secondary N) is 1. The van der Waals surface area contributed by atoms with Crippen LogP contribution in [0, 0.1) is 0 Å². The number of rotatable bonds is 6. The number of aryl methyl sites for hydroxylation is 1. The van der Waals surface area contributed by atoms with Crippen LogP contribution >= 0.6 is 11.3 Å². The predicted molar refractivity (Wildman–Crippen MR) is 82.2 cm³/mol. The molecular weight excluding hydrogens is 272 g/mol. The molecule has 0 atom stereocenters. The van der Waals surface area contributed by atoms with Crippen LogP contribution in [-0.4, -0.2) is 29.2 Å². The Morgan fingerprint density at radius 1 is 1.25 bits per heavy atom. The molecule has 0 aliphatic carbocycles. The Bertz CT molecular complexity index is 555. The number of hydrogen-bond donors (Lipinski definition) is 1. The van der Waals surface area contributed by atoms with E-state index in [0.29, 0.717) is 11.7 Å². The molecule has 0 spiro atoms. The van der Waals surface area contributed by atoms with Crippen molar-refractivity contribution < 1.29 is 4.79 Å². The zero-order valence-electron chi connectivity index (χ0n) is 11.7. The van der Waals surface area contributed by atoms with E-state index in [9.17, 15) is 4.79 Å². The van der Waals surface area contributed by atoms with Crippen molar-refractivity contribution in [3.05, 3.63) is 35.3 Å². The van der Waals surface area contributed by atoms with E-state index in [1.54, 1.807) is 0 Å². The van der Waals surface area contributed by atoms with Gasteiger partial charge in [0, 0.05) is 12.2 Å². The standard InChI is InChI=1S/C14H18N4OS/c1-3-13-16-17-14(20-13)15-12(19)10-18(4-2)11-8-6-5-7-9-11/h5-9H,3-4,10H2,1-2H3,(H,15,17,19). The molecule has 0 saturated heterocycles. The van der Waals surface area contributed by atoms with Gasteiger partial charge in [-0.1, -0.05) is 36.5 Å². The van der Waals surface area contributed by atoms with E-state index < -0.39 is 0 Å². The second-order valence-electron chi connectivity index (χ2n) is 4.25. The Morgan fingerprint density at radius 2 is 2.00 bits per heavy atom. The van der Waals surface area contributed by atoms with Gasteiger partial charge in [0.1, 0.15) is 5.01 Å². The fourth-order valence-corrected chi connectivity index (χ4v) is 2.50. The van der Waals surface area contributed by atoms with Crippen molar-refractivity contribution in [1.29, 1.82) is 0 Å². The first-order valence-corrected chi connectivity index (χ1v) is 7.46. The molecule has 0 aliphatic rings. The summed E-state index contributed by atoms with van der Waals surface area (Å²) >= 11 is 1.42. The number of likely N-dealkylation sites (N-methyl/N-ethyl adjacent to an activating group) is 1. The summed E-state index contributed by atoms with van der Waals surface area (Å²) in [5, 5.41) is 12.2. The molecular formula is C14H18N4OS. The van der Waals surface area contributed by atoms with Crippen LogP contribution < -0.4 is 10.2 Å². The fraction of sp³-hybridized carbons (Fsp3) is 0.357. The summed E-state index contributed by atoms with van der Waals surface area (Å²) < 4.78 is 0. The highest BCUT2D eigenvalue weighted by Gasteiger charge is 2.12. The van der Waals surface area contributed by atoms with Crippen molar-refractivity contribution in [1.82, 2.24) is 10.2 Å². The van der Waals surface area contributed by atoms with Crippen molar-refractivity contribution in [2.45, 2.75) is 20.3 Å². The third-order valence-electron chi connectivity index (χ3n) is 2.85. The molecule has 1 N–H and O–H groups in total. The number of para-hydroxylation sites is 1. The number of carbonyl (C=O) groups is 1. The summed E-state index contributed by atoms with van der Waals surface area (Å²) in [5.74, 6) is -0.0745. The summed E-state index contributed by atoms with van der Waals surface area (Å²) in [4.78, 5) is 14.0. The van der Waals surface area contributed by atoms with E-state index >= 15 is 0 Å². The maximum absolute atomic E-state index is 12.0. The Kier molecular flexibility index (Phi) is 5.06. The Balaban J connectivity index is 1.96. The van der Waals surface area contributed by atoms with Crippen LogP contribution in [0.15, 0.2) is 30.3 Å². The molecule has 0 radical (unpaired) electrons. The molecule has 0 aliphatic heterocycles. The SMILES string of the molecule is CCc1nnc(NC(=O)CN(CC)c2ccccc2)s1. The van der Waals surface area contributed by atoms with Crippen LogP contribution in [0.1, 0.15) is 18.9 Å². The topological polar surface area (TPSA) is 58.1 Å². The molecule has 0 unspecified atom stereocenters.